The predicted octanol–water partition coefficient (Wildman–Crippen LogP) is 6.88. The summed E-state index contributed by atoms with van der Waals surface area (Å²) in [4.78, 5) is 16.8. The maximum absolute atomic E-state index is 10.3. The molecule has 164 valence electrons. The number of alkyl halides is 6. The van der Waals surface area contributed by atoms with Gasteiger partial charge < -0.3 is 9.79 Å². The molecule has 1 fully saturated rings. The van der Waals surface area contributed by atoms with Crippen molar-refractivity contribution in [3.05, 3.63) is 0 Å². The molecule has 1 aliphatic carbocycles. The summed E-state index contributed by atoms with van der Waals surface area (Å²) in [5.41, 5.74) is 0. The number of phosphoric ester groups is 1. The first kappa shape index (κ1) is 28.9. The molecule has 4 nitrogen and oxygen atoms in total. The van der Waals surface area contributed by atoms with E-state index in [0.29, 0.717) is 0 Å². The van der Waals surface area contributed by atoms with Crippen LogP contribution in [-0.4, -0.2) is 48.7 Å². The van der Waals surface area contributed by atoms with E-state index in [0.717, 1.165) is 19.3 Å². The standard InChI is InChI=1S/C10H23O4P.C6H6Cl6/c1-2-3-4-5-6-7-8-9-10-14-15(11,12)13;7-1-2(8)4(10)6(12)5(11)3(1)9/h2-10H2,1H3,(H2,11,12,13);1-6H. The first-order valence-corrected chi connectivity index (χ1v) is 13.2. The van der Waals surface area contributed by atoms with Crippen LogP contribution in [-0.2, 0) is 9.09 Å². The van der Waals surface area contributed by atoms with Crippen molar-refractivity contribution in [2.45, 2.75) is 90.6 Å². The molecule has 0 bridgehead atoms. The van der Waals surface area contributed by atoms with Gasteiger partial charge in [0.2, 0.25) is 0 Å². The highest BCUT2D eigenvalue weighted by atomic mass is 35.5. The van der Waals surface area contributed by atoms with Crippen molar-refractivity contribution in [1.29, 1.82) is 0 Å². The van der Waals surface area contributed by atoms with Gasteiger partial charge in [0.1, 0.15) is 0 Å². The normalized spacial score (nSPS) is 31.3. The molecule has 0 heterocycles. The molecule has 0 saturated heterocycles. The highest BCUT2D eigenvalue weighted by Gasteiger charge is 2.46. The molecule has 1 saturated carbocycles. The van der Waals surface area contributed by atoms with Gasteiger partial charge in [-0.25, -0.2) is 4.57 Å². The van der Waals surface area contributed by atoms with Gasteiger partial charge >= 0.3 is 7.82 Å². The molecule has 1 rings (SSSR count). The van der Waals surface area contributed by atoms with E-state index in [1.807, 2.05) is 0 Å². The summed E-state index contributed by atoms with van der Waals surface area (Å²) in [5, 5.41) is -2.62. The molecule has 0 spiro atoms. The fourth-order valence-corrected chi connectivity index (χ4v) is 5.17. The van der Waals surface area contributed by atoms with Crippen LogP contribution in [0.25, 0.3) is 0 Å². The van der Waals surface area contributed by atoms with Crippen LogP contribution in [0.1, 0.15) is 58.3 Å². The molecule has 11 heteroatoms. The minimum atomic E-state index is -4.24. The Morgan fingerprint density at radius 1 is 0.667 bits per heavy atom. The third kappa shape index (κ3) is 13.0. The Bertz CT molecular complexity index is 369. The molecular formula is C16H29Cl6O4P. The van der Waals surface area contributed by atoms with E-state index in [-0.39, 0.29) is 6.61 Å². The number of unbranched alkanes of at least 4 members (excludes halogenated alkanes) is 7. The molecular weight excluding hydrogens is 500 g/mol. The molecule has 0 radical (unpaired) electrons. The van der Waals surface area contributed by atoms with E-state index < -0.39 is 40.1 Å². The van der Waals surface area contributed by atoms with Crippen LogP contribution in [0, 0.1) is 0 Å². The Balaban J connectivity index is 0.000000511. The average molecular weight is 529 g/mol. The van der Waals surface area contributed by atoms with Crippen molar-refractivity contribution < 1.29 is 18.9 Å². The maximum Gasteiger partial charge on any atom is 0.469 e. The minimum Gasteiger partial charge on any atom is -0.303 e. The van der Waals surface area contributed by atoms with Crippen molar-refractivity contribution in [2.24, 2.45) is 0 Å². The summed E-state index contributed by atoms with van der Waals surface area (Å²) in [6.45, 7) is 2.36. The zero-order chi connectivity index (χ0) is 21.0. The minimum absolute atomic E-state index is 0.166. The van der Waals surface area contributed by atoms with Crippen LogP contribution in [0.4, 0.5) is 0 Å². The number of rotatable bonds is 10. The molecule has 0 atom stereocenters. The van der Waals surface area contributed by atoms with E-state index in [1.54, 1.807) is 0 Å². The zero-order valence-electron chi connectivity index (χ0n) is 15.3. The lowest BCUT2D eigenvalue weighted by atomic mass is 9.97. The molecule has 0 unspecified atom stereocenters. The van der Waals surface area contributed by atoms with Gasteiger partial charge in [-0.2, -0.15) is 0 Å². The number of phosphoric acid groups is 1. The predicted molar refractivity (Wildman–Crippen MR) is 118 cm³/mol. The quantitative estimate of drug-likeness (QED) is 0.184. The number of hydrogen-bond donors (Lipinski definition) is 2. The van der Waals surface area contributed by atoms with Crippen LogP contribution in [0.15, 0.2) is 0 Å². The largest absolute Gasteiger partial charge is 0.469 e. The molecule has 27 heavy (non-hydrogen) atoms. The molecule has 0 aromatic rings. The van der Waals surface area contributed by atoms with E-state index in [2.05, 4.69) is 11.4 Å². The maximum atomic E-state index is 10.3. The molecule has 0 amide bonds. The summed E-state index contributed by atoms with van der Waals surface area (Å²) in [6.07, 6.45) is 9.22. The third-order valence-electron chi connectivity index (χ3n) is 4.08. The smallest absolute Gasteiger partial charge is 0.303 e. The Kier molecular flexibility index (Phi) is 16.7. The topological polar surface area (TPSA) is 66.8 Å². The highest BCUT2D eigenvalue weighted by Crippen LogP contribution is 2.39. The van der Waals surface area contributed by atoms with Crippen LogP contribution in [0.5, 0.6) is 0 Å². The summed E-state index contributed by atoms with van der Waals surface area (Å²) in [7, 11) is -4.24. The van der Waals surface area contributed by atoms with Gasteiger partial charge in [0.15, 0.2) is 0 Å². The second-order valence-corrected chi connectivity index (χ2v) is 10.7. The summed E-state index contributed by atoms with van der Waals surface area (Å²) >= 11 is 35.3. The number of halogens is 6. The lowest BCUT2D eigenvalue weighted by molar-refractivity contribution is 0.193. The summed E-state index contributed by atoms with van der Waals surface area (Å²) in [5.74, 6) is 0. The van der Waals surface area contributed by atoms with Crippen molar-refractivity contribution in [1.82, 2.24) is 0 Å². The second kappa shape index (κ2) is 15.6. The van der Waals surface area contributed by atoms with Gasteiger partial charge in [0.25, 0.3) is 0 Å². The monoisotopic (exact) mass is 526 g/mol. The van der Waals surface area contributed by atoms with Crippen LogP contribution in [0.3, 0.4) is 0 Å². The van der Waals surface area contributed by atoms with E-state index in [4.69, 9.17) is 79.4 Å². The van der Waals surface area contributed by atoms with Crippen LogP contribution in [0.2, 0.25) is 0 Å². The van der Waals surface area contributed by atoms with Crippen molar-refractivity contribution >= 4 is 77.4 Å². The van der Waals surface area contributed by atoms with Gasteiger partial charge in [-0.15, -0.1) is 69.6 Å². The first-order chi connectivity index (χ1) is 12.5. The third-order valence-corrected chi connectivity index (χ3v) is 8.63. The Hall–Kier alpha value is 1.85. The van der Waals surface area contributed by atoms with E-state index >= 15 is 0 Å². The Morgan fingerprint density at radius 2 is 0.963 bits per heavy atom. The van der Waals surface area contributed by atoms with Crippen molar-refractivity contribution in [3.63, 3.8) is 0 Å². The van der Waals surface area contributed by atoms with Crippen LogP contribution >= 0.6 is 77.4 Å². The lowest BCUT2D eigenvalue weighted by Gasteiger charge is -2.37. The number of hydrogen-bond acceptors (Lipinski definition) is 2. The zero-order valence-corrected chi connectivity index (χ0v) is 20.7. The molecule has 0 aliphatic heterocycles. The van der Waals surface area contributed by atoms with E-state index in [9.17, 15) is 4.57 Å². The van der Waals surface area contributed by atoms with Gasteiger partial charge in [-0.05, 0) is 6.42 Å². The molecule has 1 aliphatic rings. The Morgan fingerprint density at radius 3 is 1.26 bits per heavy atom. The molecule has 0 aromatic carbocycles. The molecule has 2 N–H and O–H groups in total. The van der Waals surface area contributed by atoms with Gasteiger partial charge in [0, 0.05) is 0 Å². The van der Waals surface area contributed by atoms with Crippen molar-refractivity contribution in [3.8, 4) is 0 Å². The fraction of sp³-hybridized carbons (Fsp3) is 1.00. The van der Waals surface area contributed by atoms with E-state index in [1.165, 1.54) is 32.1 Å². The summed E-state index contributed by atoms with van der Waals surface area (Å²) in [6, 6.07) is 0. The highest BCUT2D eigenvalue weighted by molar-refractivity contribution is 7.46. The second-order valence-electron chi connectivity index (χ2n) is 6.47. The van der Waals surface area contributed by atoms with Gasteiger partial charge in [-0.1, -0.05) is 51.9 Å². The first-order valence-electron chi connectivity index (χ1n) is 9.07. The Labute approximate surface area is 192 Å². The van der Waals surface area contributed by atoms with Crippen LogP contribution < -0.4 is 0 Å². The lowest BCUT2D eigenvalue weighted by Crippen LogP contribution is -2.52. The SMILES string of the molecule is CCCCCCCCCCOP(=O)(O)O.ClC1C(Cl)C(Cl)C(Cl)C(Cl)C1Cl. The van der Waals surface area contributed by atoms with Crippen molar-refractivity contribution in [2.75, 3.05) is 6.61 Å². The summed E-state index contributed by atoms with van der Waals surface area (Å²) < 4.78 is 14.7. The molecule has 0 aromatic heterocycles. The fourth-order valence-electron chi connectivity index (χ4n) is 2.47. The average Bonchev–Trinajstić information content (AvgIpc) is 2.61. The van der Waals surface area contributed by atoms with Gasteiger partial charge in [-0.3, -0.25) is 4.52 Å². The van der Waals surface area contributed by atoms with Gasteiger partial charge in [0.05, 0.1) is 38.9 Å².